The van der Waals surface area contributed by atoms with E-state index in [0.717, 1.165) is 9.91 Å². The average molecular weight is 322 g/mol. The van der Waals surface area contributed by atoms with Gasteiger partial charge in [0.15, 0.2) is 6.04 Å². The third kappa shape index (κ3) is 3.05. The molecule has 1 atom stereocenters. The lowest BCUT2D eigenvalue weighted by Gasteiger charge is -2.17. The molecule has 0 fully saturated rings. The fraction of sp³-hybridized carbons (Fsp3) is 0.308. The van der Waals surface area contributed by atoms with Gasteiger partial charge in [0.1, 0.15) is 0 Å². The van der Waals surface area contributed by atoms with Crippen LogP contribution in [-0.4, -0.2) is 57.6 Å². The van der Waals surface area contributed by atoms with Gasteiger partial charge < -0.3 is 15.2 Å². The molecule has 122 valence electrons. The highest BCUT2D eigenvalue weighted by atomic mass is 16.7. The van der Waals surface area contributed by atoms with Crippen molar-refractivity contribution >= 4 is 17.8 Å². The molecule has 0 saturated carbocycles. The fourth-order valence-electron chi connectivity index (χ4n) is 1.85. The maximum absolute atomic E-state index is 12.0. The monoisotopic (exact) mass is 322 g/mol. The Hall–Kier alpha value is -3.17. The minimum absolute atomic E-state index is 0.0725. The molecule has 2 amide bonds. The number of aliphatic carboxylic acids is 1. The summed E-state index contributed by atoms with van der Waals surface area (Å²) in [6.45, 7) is 0.729. The van der Waals surface area contributed by atoms with Crippen LogP contribution in [0.3, 0.4) is 0 Å². The van der Waals surface area contributed by atoms with E-state index in [1.165, 1.54) is 26.1 Å². The largest absolute Gasteiger partial charge is 0.569 e. The zero-order chi connectivity index (χ0) is 17.1. The van der Waals surface area contributed by atoms with E-state index in [0.29, 0.717) is 0 Å². The maximum atomic E-state index is 12.0. The molecular weight excluding hydrogens is 308 g/mol. The van der Waals surface area contributed by atoms with Gasteiger partial charge in [0.25, 0.3) is 11.8 Å². The molecule has 1 aliphatic rings. The number of carboxylic acids is 1. The number of carbonyl (C=O) groups excluding carboxylic acids is 2. The summed E-state index contributed by atoms with van der Waals surface area (Å²) < 4.78 is 0. The molecule has 1 aromatic carbocycles. The van der Waals surface area contributed by atoms with Crippen molar-refractivity contribution in [2.24, 2.45) is 5.28 Å². The van der Waals surface area contributed by atoms with Crippen LogP contribution in [0.1, 0.15) is 27.6 Å². The van der Waals surface area contributed by atoms with Crippen molar-refractivity contribution in [3.63, 3.8) is 0 Å². The summed E-state index contributed by atoms with van der Waals surface area (Å²) in [5, 5.41) is 24.2. The Morgan fingerprint density at radius 1 is 1.39 bits per heavy atom. The van der Waals surface area contributed by atoms with Crippen molar-refractivity contribution in [3.05, 3.63) is 40.6 Å². The van der Waals surface area contributed by atoms with Crippen LogP contribution in [-0.2, 0) is 9.63 Å². The smallest absolute Gasteiger partial charge is 0.331 e. The van der Waals surface area contributed by atoms with Crippen LogP contribution in [0.5, 0.6) is 0 Å². The number of nitrogens with zero attached hydrogens (tertiary/aromatic N) is 4. The Balaban J connectivity index is 2.00. The van der Waals surface area contributed by atoms with Crippen LogP contribution in [0.2, 0.25) is 0 Å². The molecule has 10 heteroatoms. The Morgan fingerprint density at radius 2 is 1.91 bits per heavy atom. The number of benzene rings is 1. The first-order chi connectivity index (χ1) is 10.8. The number of likely N-dealkylation sites (N-methyl/N-ethyl adjacent to an activating group) is 1. The minimum Gasteiger partial charge on any atom is -0.569 e. The Labute approximate surface area is 130 Å². The number of hydrogen-bond acceptors (Lipinski definition) is 6. The summed E-state index contributed by atoms with van der Waals surface area (Å²) in [6.07, 6.45) is 0. The number of carboxylic acid groups (broad SMARTS) is 1. The number of fused-ring (bicyclic) bond motifs is 1. The van der Waals surface area contributed by atoms with Crippen LogP contribution in [0, 0.1) is 5.21 Å². The summed E-state index contributed by atoms with van der Waals surface area (Å²) in [4.78, 5) is 40.2. The van der Waals surface area contributed by atoms with Crippen LogP contribution in [0.25, 0.3) is 0 Å². The molecule has 1 aliphatic heterocycles. The number of carbonyl (C=O) groups is 3. The Morgan fingerprint density at radius 3 is 2.39 bits per heavy atom. The van der Waals surface area contributed by atoms with Gasteiger partial charge >= 0.3 is 5.97 Å². The number of hydrogen-bond donors (Lipinski definition) is 1. The highest BCUT2D eigenvalue weighted by Crippen LogP contribution is 2.22. The van der Waals surface area contributed by atoms with Crippen molar-refractivity contribution in [2.45, 2.75) is 13.0 Å². The average Bonchev–Trinajstić information content (AvgIpc) is 2.78. The molecule has 1 N–H and O–H groups in total. The van der Waals surface area contributed by atoms with Crippen molar-refractivity contribution in [1.29, 1.82) is 0 Å². The summed E-state index contributed by atoms with van der Waals surface area (Å²) in [5.41, 5.74) is 0.494. The second-order valence-corrected chi connectivity index (χ2v) is 4.76. The lowest BCUT2D eigenvalue weighted by molar-refractivity contribution is -0.710. The number of imide groups is 1. The second-order valence-electron chi connectivity index (χ2n) is 4.76. The normalized spacial score (nSPS) is 15.4. The van der Waals surface area contributed by atoms with Crippen LogP contribution < -0.4 is 0 Å². The van der Waals surface area contributed by atoms with Gasteiger partial charge in [-0.15, -0.1) is 5.01 Å². The SMILES string of the molecule is C[C@@H](C(=O)O)N(C)[N+]([O-])=NOCN1C(=O)c2ccccc2C1=O. The molecule has 0 radical (unpaired) electrons. The molecule has 0 aliphatic carbocycles. The van der Waals surface area contributed by atoms with E-state index in [4.69, 9.17) is 9.94 Å². The highest BCUT2D eigenvalue weighted by molar-refractivity contribution is 6.21. The van der Waals surface area contributed by atoms with E-state index in [1.807, 2.05) is 0 Å². The first-order valence-electron chi connectivity index (χ1n) is 6.55. The summed E-state index contributed by atoms with van der Waals surface area (Å²) in [6, 6.07) is 5.14. The summed E-state index contributed by atoms with van der Waals surface area (Å²) in [5.74, 6) is -2.32. The van der Waals surface area contributed by atoms with Gasteiger partial charge in [0.05, 0.1) is 23.1 Å². The Kier molecular flexibility index (Phi) is 4.44. The van der Waals surface area contributed by atoms with Gasteiger partial charge in [-0.2, -0.15) is 0 Å². The predicted molar refractivity (Wildman–Crippen MR) is 73.8 cm³/mol. The third-order valence-electron chi connectivity index (χ3n) is 3.38. The van der Waals surface area contributed by atoms with Gasteiger partial charge in [-0.05, 0) is 19.1 Å². The first-order valence-corrected chi connectivity index (χ1v) is 6.55. The second kappa shape index (κ2) is 6.30. The molecule has 1 heterocycles. The summed E-state index contributed by atoms with van der Waals surface area (Å²) >= 11 is 0. The summed E-state index contributed by atoms with van der Waals surface area (Å²) in [7, 11) is 1.21. The van der Waals surface area contributed by atoms with Crippen molar-refractivity contribution in [1.82, 2.24) is 9.91 Å². The minimum atomic E-state index is -1.22. The van der Waals surface area contributed by atoms with Crippen LogP contribution in [0.4, 0.5) is 0 Å². The highest BCUT2D eigenvalue weighted by Gasteiger charge is 2.35. The zero-order valence-corrected chi connectivity index (χ0v) is 12.4. The van der Waals surface area contributed by atoms with Crippen LogP contribution >= 0.6 is 0 Å². The van der Waals surface area contributed by atoms with E-state index < -0.39 is 30.6 Å². The third-order valence-corrected chi connectivity index (χ3v) is 3.38. The van der Waals surface area contributed by atoms with Gasteiger partial charge in [0, 0.05) is 0 Å². The topological polar surface area (TPSA) is 126 Å². The van der Waals surface area contributed by atoms with E-state index in [2.05, 4.69) is 5.28 Å². The quantitative estimate of drug-likeness (QED) is 0.349. The molecule has 0 spiro atoms. The fourth-order valence-corrected chi connectivity index (χ4v) is 1.85. The number of rotatable bonds is 6. The Bertz CT molecular complexity index is 654. The lowest BCUT2D eigenvalue weighted by Crippen LogP contribution is -2.40. The van der Waals surface area contributed by atoms with Gasteiger partial charge in [-0.1, -0.05) is 12.1 Å². The van der Waals surface area contributed by atoms with Crippen molar-refractivity contribution in [2.75, 3.05) is 13.8 Å². The molecular formula is C13H14N4O6. The maximum Gasteiger partial charge on any atom is 0.331 e. The van der Waals surface area contributed by atoms with Gasteiger partial charge in [0.2, 0.25) is 12.0 Å². The molecule has 23 heavy (non-hydrogen) atoms. The number of amides is 2. The predicted octanol–water partition coefficient (Wildman–Crippen LogP) is 0.454. The molecule has 1 aromatic rings. The van der Waals surface area contributed by atoms with E-state index in [9.17, 15) is 19.6 Å². The van der Waals surface area contributed by atoms with Crippen molar-refractivity contribution in [3.8, 4) is 0 Å². The molecule has 0 bridgehead atoms. The van der Waals surface area contributed by atoms with Crippen LogP contribution in [0.15, 0.2) is 29.5 Å². The van der Waals surface area contributed by atoms with E-state index >= 15 is 0 Å². The molecule has 2 rings (SSSR count). The van der Waals surface area contributed by atoms with E-state index in [-0.39, 0.29) is 16.1 Å². The molecule has 0 unspecified atom stereocenters. The molecule has 10 nitrogen and oxygen atoms in total. The van der Waals surface area contributed by atoms with E-state index in [1.54, 1.807) is 12.1 Å². The number of hydrazine groups is 1. The van der Waals surface area contributed by atoms with Crippen molar-refractivity contribution < 1.29 is 29.3 Å². The lowest BCUT2D eigenvalue weighted by atomic mass is 10.1. The van der Waals surface area contributed by atoms with Gasteiger partial charge in [-0.3, -0.25) is 9.59 Å². The van der Waals surface area contributed by atoms with Gasteiger partial charge in [-0.25, -0.2) is 9.69 Å². The molecule has 0 saturated heterocycles. The zero-order valence-electron chi connectivity index (χ0n) is 12.4. The standard InChI is InChI=1S/C13H14N4O6/c1-8(13(20)21)15(2)17(22)14-23-7-16-11(18)9-5-3-4-6-10(9)12(16)19/h3-6,8H,7H2,1-2H3,(H,20,21)/t8-/m0/s1. The first kappa shape index (κ1) is 16.2. The molecule has 0 aromatic heterocycles.